The van der Waals surface area contributed by atoms with Crippen LogP contribution in [0.15, 0.2) is 17.1 Å². The predicted octanol–water partition coefficient (Wildman–Crippen LogP) is -1.48. The van der Waals surface area contributed by atoms with Gasteiger partial charge in [-0.2, -0.15) is 13.6 Å². The van der Waals surface area contributed by atoms with Gasteiger partial charge in [0.25, 0.3) is 0 Å². The number of hydrogen-bond donors (Lipinski definition) is 7. The summed E-state index contributed by atoms with van der Waals surface area (Å²) in [5.74, 6) is -0.200. The minimum Gasteiger partial charge on any atom is -0.396 e. The smallest absolute Gasteiger partial charge is 0.396 e. The lowest BCUT2D eigenvalue weighted by molar-refractivity contribution is -0.135. The van der Waals surface area contributed by atoms with Crippen LogP contribution in [0.1, 0.15) is 12.6 Å². The van der Waals surface area contributed by atoms with Crippen LogP contribution in [0.4, 0.5) is 10.2 Å². The first-order chi connectivity index (χ1) is 14.5. The number of aliphatic hydroxyl groups excluding tert-OH is 2. The Labute approximate surface area is 177 Å². The van der Waals surface area contributed by atoms with E-state index in [2.05, 4.69) is 18.1 Å². The van der Waals surface area contributed by atoms with Gasteiger partial charge in [0, 0.05) is 19.2 Å². The summed E-state index contributed by atoms with van der Waals surface area (Å²) < 4.78 is 66.1. The minimum absolute atomic E-state index is 0.200. The summed E-state index contributed by atoms with van der Waals surface area (Å²) in [6.07, 6.45) is -6.00. The van der Waals surface area contributed by atoms with E-state index >= 15 is 0 Å². The highest BCUT2D eigenvalue weighted by atomic mass is 31.3. The standard InChI is InChI=1S/C11H19FN3O14P3/c12-7-8(17)11(2-4-16,27-9(7)15-3-1-6(13)14-10(15)18)5-26-31(22,23)29-32(24,25)28-30(19,20)21/h1,3,7-9,16-17H,2,4-5H2,(H,22,23)(H,24,25)(H2,13,14,18)(H2,19,20,21)/t7-,8+,9-,11-/m1/s1. The monoisotopic (exact) mass is 529 g/mol. The zero-order chi connectivity index (χ0) is 24.5. The number of nitrogens with two attached hydrogens (primary N) is 1. The summed E-state index contributed by atoms with van der Waals surface area (Å²) in [4.78, 5) is 51.1. The average Bonchev–Trinajstić information content (AvgIpc) is 2.83. The summed E-state index contributed by atoms with van der Waals surface area (Å²) in [6, 6.07) is 1.11. The molecule has 1 aromatic heterocycles. The second-order valence-corrected chi connectivity index (χ2v) is 10.8. The van der Waals surface area contributed by atoms with Gasteiger partial charge >= 0.3 is 29.2 Å². The highest BCUT2D eigenvalue weighted by Gasteiger charge is 2.57. The Balaban J connectivity index is 2.24. The molecular weight excluding hydrogens is 510 g/mol. The lowest BCUT2D eigenvalue weighted by atomic mass is 9.93. The normalized spacial score (nSPS) is 30.0. The predicted molar refractivity (Wildman–Crippen MR) is 98.2 cm³/mol. The number of aliphatic hydroxyl groups is 2. The lowest BCUT2D eigenvalue weighted by Gasteiger charge is -2.31. The van der Waals surface area contributed by atoms with E-state index in [0.29, 0.717) is 4.57 Å². The van der Waals surface area contributed by atoms with Crippen molar-refractivity contribution in [2.24, 2.45) is 0 Å². The van der Waals surface area contributed by atoms with Gasteiger partial charge in [0.05, 0.1) is 6.61 Å². The fraction of sp³-hybridized carbons (Fsp3) is 0.636. The molecule has 0 aliphatic carbocycles. The molecule has 17 nitrogen and oxygen atoms in total. The van der Waals surface area contributed by atoms with Crippen LogP contribution in [0.25, 0.3) is 0 Å². The largest absolute Gasteiger partial charge is 0.490 e. The zero-order valence-corrected chi connectivity index (χ0v) is 18.3. The fourth-order valence-electron chi connectivity index (χ4n) is 2.73. The molecule has 32 heavy (non-hydrogen) atoms. The van der Waals surface area contributed by atoms with Crippen molar-refractivity contribution in [2.45, 2.75) is 30.5 Å². The van der Waals surface area contributed by atoms with Crippen molar-refractivity contribution in [1.29, 1.82) is 0 Å². The van der Waals surface area contributed by atoms with E-state index in [4.69, 9.17) is 25.2 Å². The molecule has 1 aromatic rings. The van der Waals surface area contributed by atoms with Gasteiger partial charge in [-0.05, 0) is 6.07 Å². The van der Waals surface area contributed by atoms with E-state index in [-0.39, 0.29) is 5.82 Å². The molecule has 0 spiro atoms. The van der Waals surface area contributed by atoms with Gasteiger partial charge in [-0.1, -0.05) is 0 Å². The Morgan fingerprint density at radius 1 is 1.22 bits per heavy atom. The maximum absolute atomic E-state index is 14.8. The maximum atomic E-state index is 14.8. The van der Waals surface area contributed by atoms with Crippen molar-refractivity contribution in [3.8, 4) is 0 Å². The van der Waals surface area contributed by atoms with E-state index in [1.54, 1.807) is 0 Å². The van der Waals surface area contributed by atoms with Crippen molar-refractivity contribution < 1.29 is 65.8 Å². The maximum Gasteiger partial charge on any atom is 0.490 e. The van der Waals surface area contributed by atoms with Crippen LogP contribution in [-0.2, 0) is 31.6 Å². The van der Waals surface area contributed by atoms with Crippen LogP contribution in [0, 0.1) is 0 Å². The van der Waals surface area contributed by atoms with Crippen molar-refractivity contribution in [2.75, 3.05) is 18.9 Å². The van der Waals surface area contributed by atoms with Gasteiger partial charge in [0.2, 0.25) is 0 Å². The van der Waals surface area contributed by atoms with E-state index in [1.807, 2.05) is 0 Å². The van der Waals surface area contributed by atoms with Crippen molar-refractivity contribution in [3.05, 3.63) is 22.7 Å². The molecule has 0 bridgehead atoms. The van der Waals surface area contributed by atoms with Gasteiger partial charge < -0.3 is 40.3 Å². The summed E-state index contributed by atoms with van der Waals surface area (Å²) in [5.41, 5.74) is 1.98. The zero-order valence-electron chi connectivity index (χ0n) is 15.6. The van der Waals surface area contributed by atoms with Crippen LogP contribution >= 0.6 is 23.5 Å². The van der Waals surface area contributed by atoms with E-state index in [1.165, 1.54) is 0 Å². The van der Waals surface area contributed by atoms with Crippen molar-refractivity contribution in [1.82, 2.24) is 9.55 Å². The van der Waals surface area contributed by atoms with Gasteiger partial charge in [-0.15, -0.1) is 0 Å². The Bertz CT molecular complexity index is 1030. The second kappa shape index (κ2) is 9.64. The first-order valence-corrected chi connectivity index (χ1v) is 12.8. The topological polar surface area (TPSA) is 270 Å². The number of nitrogens with zero attached hydrogens (tertiary/aromatic N) is 2. The average molecular weight is 529 g/mol. The Morgan fingerprint density at radius 2 is 1.84 bits per heavy atom. The number of phosphoric ester groups is 1. The minimum atomic E-state index is -5.83. The van der Waals surface area contributed by atoms with Crippen LogP contribution < -0.4 is 11.4 Å². The third kappa shape index (κ3) is 6.71. The summed E-state index contributed by atoms with van der Waals surface area (Å²) >= 11 is 0. The highest BCUT2D eigenvalue weighted by molar-refractivity contribution is 7.66. The molecule has 184 valence electrons. The first-order valence-electron chi connectivity index (χ1n) is 8.25. The van der Waals surface area contributed by atoms with Crippen LogP contribution in [0.3, 0.4) is 0 Å². The molecule has 1 aliphatic rings. The summed E-state index contributed by atoms with van der Waals surface area (Å²) in [7, 11) is -17.1. The SMILES string of the molecule is Nc1ccn([C@@H]2O[C@](CCO)(COP(=O)(O)OP(=O)(O)OP(=O)(O)O)[C@@H](O)[C@H]2F)c(=O)n1. The third-order valence-corrected chi connectivity index (χ3v) is 7.80. The van der Waals surface area contributed by atoms with Crippen molar-refractivity contribution in [3.63, 3.8) is 0 Å². The molecule has 2 heterocycles. The van der Waals surface area contributed by atoms with E-state index in [9.17, 15) is 38.0 Å². The lowest BCUT2D eigenvalue weighted by Crippen LogP contribution is -2.46. The molecule has 0 amide bonds. The quantitative estimate of drug-likeness (QED) is 0.170. The second-order valence-electron chi connectivity index (χ2n) is 6.34. The summed E-state index contributed by atoms with van der Waals surface area (Å²) in [6.45, 7) is -2.04. The number of aromatic nitrogens is 2. The molecule has 0 aromatic carbocycles. The Morgan fingerprint density at radius 3 is 2.38 bits per heavy atom. The molecule has 1 aliphatic heterocycles. The van der Waals surface area contributed by atoms with Crippen LogP contribution in [0.5, 0.6) is 0 Å². The number of halogens is 1. The number of rotatable bonds is 10. The molecule has 1 fully saturated rings. The number of phosphoric acid groups is 3. The summed E-state index contributed by atoms with van der Waals surface area (Å²) in [5, 5.41) is 19.6. The molecule has 8 N–H and O–H groups in total. The Kier molecular flexibility index (Phi) is 8.18. The van der Waals surface area contributed by atoms with Crippen LogP contribution in [0.2, 0.25) is 0 Å². The molecule has 2 unspecified atom stereocenters. The van der Waals surface area contributed by atoms with E-state index < -0.39 is 72.9 Å². The first kappa shape index (κ1) is 27.1. The van der Waals surface area contributed by atoms with Gasteiger partial charge in [-0.3, -0.25) is 9.09 Å². The third-order valence-electron chi connectivity index (χ3n) is 4.02. The number of nitrogen functional groups attached to an aromatic ring is 1. The molecule has 0 radical (unpaired) electrons. The molecule has 21 heteroatoms. The molecule has 1 saturated heterocycles. The highest BCUT2D eigenvalue weighted by Crippen LogP contribution is 2.66. The molecule has 2 rings (SSSR count). The number of hydrogen-bond acceptors (Lipinski definition) is 12. The number of alkyl halides is 1. The van der Waals surface area contributed by atoms with Gasteiger partial charge in [0.1, 0.15) is 17.5 Å². The van der Waals surface area contributed by atoms with Gasteiger partial charge in [-0.25, -0.2) is 22.9 Å². The number of ether oxygens (including phenoxy) is 1. The molecule has 6 atom stereocenters. The van der Waals surface area contributed by atoms with Gasteiger partial charge in [0.15, 0.2) is 12.4 Å². The number of anilines is 1. The molecule has 0 saturated carbocycles. The molecular formula is C11H19FN3O14P3. The van der Waals surface area contributed by atoms with E-state index in [0.717, 1.165) is 12.3 Å². The fourth-order valence-corrected chi connectivity index (χ4v) is 5.81. The van der Waals surface area contributed by atoms with Crippen LogP contribution in [-0.4, -0.2) is 70.4 Å². The van der Waals surface area contributed by atoms with Crippen molar-refractivity contribution >= 4 is 29.3 Å². The Hall–Kier alpha value is -1.10.